The molecule has 0 atom stereocenters. The van der Waals surface area contributed by atoms with Gasteiger partial charge in [0.05, 0.1) is 18.6 Å². The van der Waals surface area contributed by atoms with E-state index in [2.05, 4.69) is 10.1 Å². The topological polar surface area (TPSA) is 77.7 Å². The van der Waals surface area contributed by atoms with Crippen molar-refractivity contribution in [1.29, 1.82) is 0 Å². The Bertz CT molecular complexity index is 783. The Labute approximate surface area is 162 Å². The lowest BCUT2D eigenvalue weighted by Crippen LogP contribution is -2.50. The predicted molar refractivity (Wildman–Crippen MR) is 97.4 cm³/mol. The number of carbonyl (C=O) groups excluding carboxylic acids is 1. The first kappa shape index (κ1) is 18.9. The van der Waals surface area contributed by atoms with E-state index in [4.69, 9.17) is 14.0 Å². The molecule has 2 heterocycles. The van der Waals surface area contributed by atoms with Gasteiger partial charge in [0.15, 0.2) is 12.4 Å². The summed E-state index contributed by atoms with van der Waals surface area (Å²) in [5, 5.41) is 4.01. The van der Waals surface area contributed by atoms with Crippen molar-refractivity contribution >= 4 is 5.91 Å². The Morgan fingerprint density at radius 3 is 2.71 bits per heavy atom. The van der Waals surface area contributed by atoms with E-state index in [1.807, 2.05) is 0 Å². The van der Waals surface area contributed by atoms with Crippen molar-refractivity contribution in [2.24, 2.45) is 0 Å². The maximum absolute atomic E-state index is 12.9. The van der Waals surface area contributed by atoms with E-state index in [0.717, 1.165) is 12.8 Å². The molecule has 1 aliphatic carbocycles. The second kappa shape index (κ2) is 8.68. The molecule has 0 radical (unpaired) electrons. The third kappa shape index (κ3) is 4.67. The van der Waals surface area contributed by atoms with Crippen molar-refractivity contribution in [2.45, 2.75) is 44.1 Å². The van der Waals surface area contributed by atoms with Crippen LogP contribution in [0.5, 0.6) is 5.75 Å². The quantitative estimate of drug-likeness (QED) is 0.691. The molecule has 0 spiro atoms. The van der Waals surface area contributed by atoms with Crippen LogP contribution in [0.3, 0.4) is 0 Å². The van der Waals surface area contributed by atoms with Gasteiger partial charge < -0.3 is 18.9 Å². The predicted octanol–water partition coefficient (Wildman–Crippen LogP) is 2.72. The van der Waals surface area contributed by atoms with Gasteiger partial charge in [0.1, 0.15) is 11.6 Å². The van der Waals surface area contributed by atoms with Crippen LogP contribution in [0.1, 0.15) is 43.3 Å². The molecule has 2 fully saturated rings. The summed E-state index contributed by atoms with van der Waals surface area (Å²) in [5.74, 6) is 1.29. The van der Waals surface area contributed by atoms with Crippen LogP contribution in [-0.4, -0.2) is 53.4 Å². The van der Waals surface area contributed by atoms with E-state index in [1.165, 1.54) is 37.1 Å². The van der Waals surface area contributed by atoms with Crippen molar-refractivity contribution < 1.29 is 23.2 Å². The highest BCUT2D eigenvalue weighted by Gasteiger charge is 2.35. The number of hydrogen-bond donors (Lipinski definition) is 0. The molecule has 8 heteroatoms. The average molecular weight is 389 g/mol. The molecule has 0 bridgehead atoms. The highest BCUT2D eigenvalue weighted by molar-refractivity contribution is 5.78. The molecule has 2 aromatic rings. The summed E-state index contributed by atoms with van der Waals surface area (Å²) in [6.07, 6.45) is 5.82. The monoisotopic (exact) mass is 389 g/mol. The van der Waals surface area contributed by atoms with Gasteiger partial charge in [0.25, 0.3) is 5.91 Å². The van der Waals surface area contributed by atoms with Gasteiger partial charge >= 0.3 is 0 Å². The first-order valence-electron chi connectivity index (χ1n) is 9.77. The smallest absolute Gasteiger partial charge is 0.260 e. The molecule has 1 aromatic carbocycles. The first-order chi connectivity index (χ1) is 13.7. The molecule has 1 amide bonds. The maximum atomic E-state index is 12.9. The van der Waals surface area contributed by atoms with Crippen molar-refractivity contribution in [2.75, 3.05) is 26.3 Å². The summed E-state index contributed by atoms with van der Waals surface area (Å²) in [6.45, 7) is 1.60. The Kier molecular flexibility index (Phi) is 5.85. The van der Waals surface area contributed by atoms with Gasteiger partial charge in [-0.2, -0.15) is 4.98 Å². The van der Waals surface area contributed by atoms with E-state index >= 15 is 0 Å². The van der Waals surface area contributed by atoms with E-state index in [1.54, 1.807) is 4.90 Å². The number of nitrogens with zero attached hydrogens (tertiary/aromatic N) is 3. The number of rotatable bonds is 8. The average Bonchev–Trinajstić information content (AvgIpc) is 3.33. The second-order valence-electron chi connectivity index (χ2n) is 7.31. The highest BCUT2D eigenvalue weighted by Crippen LogP contribution is 2.26. The number of aromatic nitrogens is 2. The molecule has 1 aliphatic heterocycles. The van der Waals surface area contributed by atoms with Gasteiger partial charge in [-0.1, -0.05) is 18.0 Å². The van der Waals surface area contributed by atoms with Crippen LogP contribution in [0, 0.1) is 5.82 Å². The van der Waals surface area contributed by atoms with Crippen molar-refractivity contribution in [3.05, 3.63) is 41.8 Å². The molecular weight excluding hydrogens is 365 g/mol. The number of ether oxygens (including phenoxy) is 2. The third-order valence-electron chi connectivity index (χ3n) is 5.22. The first-order valence-corrected chi connectivity index (χ1v) is 9.77. The molecule has 0 unspecified atom stereocenters. The van der Waals surface area contributed by atoms with Crippen LogP contribution in [-0.2, 0) is 16.0 Å². The van der Waals surface area contributed by atoms with Crippen LogP contribution in [0.25, 0.3) is 0 Å². The minimum Gasteiger partial charge on any atom is -0.484 e. The minimum absolute atomic E-state index is 0.0618. The Hall–Kier alpha value is -2.48. The molecule has 2 aliphatic rings. The lowest BCUT2D eigenvalue weighted by atomic mass is 10.0. The molecular formula is C20H24FN3O4. The summed E-state index contributed by atoms with van der Waals surface area (Å²) >= 11 is 0. The molecule has 1 saturated heterocycles. The van der Waals surface area contributed by atoms with Crippen LogP contribution in [0.4, 0.5) is 4.39 Å². The Morgan fingerprint density at radius 2 is 1.96 bits per heavy atom. The standard InChI is InChI=1S/C20H24FN3O4/c21-15-5-7-17(8-6-15)27-13-19(25)24-11-14(12-24)20-22-18(23-28-20)9-10-26-16-3-1-2-4-16/h5-8,14,16H,1-4,9-13H2. The second-order valence-corrected chi connectivity index (χ2v) is 7.31. The lowest BCUT2D eigenvalue weighted by molar-refractivity contribution is -0.138. The Morgan fingerprint density at radius 1 is 1.21 bits per heavy atom. The zero-order valence-electron chi connectivity index (χ0n) is 15.7. The zero-order valence-corrected chi connectivity index (χ0v) is 15.7. The van der Waals surface area contributed by atoms with E-state index in [-0.39, 0.29) is 24.2 Å². The third-order valence-corrected chi connectivity index (χ3v) is 5.22. The zero-order chi connectivity index (χ0) is 19.3. The van der Waals surface area contributed by atoms with Gasteiger partial charge in [-0.25, -0.2) is 4.39 Å². The number of amides is 1. The van der Waals surface area contributed by atoms with Gasteiger partial charge in [-0.15, -0.1) is 0 Å². The lowest BCUT2D eigenvalue weighted by Gasteiger charge is -2.36. The van der Waals surface area contributed by atoms with Gasteiger partial charge in [0.2, 0.25) is 5.89 Å². The van der Waals surface area contributed by atoms with E-state index < -0.39 is 0 Å². The van der Waals surface area contributed by atoms with Crippen molar-refractivity contribution in [1.82, 2.24) is 15.0 Å². The fourth-order valence-corrected chi connectivity index (χ4v) is 3.51. The fourth-order valence-electron chi connectivity index (χ4n) is 3.51. The number of hydrogen-bond acceptors (Lipinski definition) is 6. The largest absolute Gasteiger partial charge is 0.484 e. The highest BCUT2D eigenvalue weighted by atomic mass is 19.1. The summed E-state index contributed by atoms with van der Waals surface area (Å²) in [6, 6.07) is 5.59. The van der Waals surface area contributed by atoms with E-state index in [9.17, 15) is 9.18 Å². The normalized spacial score (nSPS) is 17.7. The molecule has 1 aromatic heterocycles. The molecule has 7 nitrogen and oxygen atoms in total. The molecule has 0 N–H and O–H groups in total. The molecule has 150 valence electrons. The number of halogens is 1. The Balaban J connectivity index is 1.17. The van der Waals surface area contributed by atoms with Gasteiger partial charge in [0, 0.05) is 19.5 Å². The van der Waals surface area contributed by atoms with Crippen LogP contribution in [0.2, 0.25) is 0 Å². The summed E-state index contributed by atoms with van der Waals surface area (Å²) in [5.41, 5.74) is 0. The van der Waals surface area contributed by atoms with E-state index in [0.29, 0.717) is 49.7 Å². The summed E-state index contributed by atoms with van der Waals surface area (Å²) in [4.78, 5) is 18.3. The SMILES string of the molecule is O=C(COc1ccc(F)cc1)N1CC(c2nc(CCOC3CCCC3)no2)C1. The van der Waals surface area contributed by atoms with Crippen molar-refractivity contribution in [3.63, 3.8) is 0 Å². The molecule has 4 rings (SSSR count). The number of carbonyl (C=O) groups is 1. The minimum atomic E-state index is -0.340. The van der Waals surface area contributed by atoms with Gasteiger partial charge in [-0.05, 0) is 37.1 Å². The number of benzene rings is 1. The molecule has 1 saturated carbocycles. The van der Waals surface area contributed by atoms with Crippen LogP contribution in [0.15, 0.2) is 28.8 Å². The maximum Gasteiger partial charge on any atom is 0.260 e. The fraction of sp³-hybridized carbons (Fsp3) is 0.550. The van der Waals surface area contributed by atoms with Crippen LogP contribution < -0.4 is 4.74 Å². The molecule has 28 heavy (non-hydrogen) atoms. The van der Waals surface area contributed by atoms with Crippen LogP contribution >= 0.6 is 0 Å². The van der Waals surface area contributed by atoms with Gasteiger partial charge in [-0.3, -0.25) is 4.79 Å². The summed E-state index contributed by atoms with van der Waals surface area (Å²) < 4.78 is 29.4. The number of likely N-dealkylation sites (tertiary alicyclic amines) is 1. The van der Waals surface area contributed by atoms with Crippen molar-refractivity contribution in [3.8, 4) is 5.75 Å². The summed E-state index contributed by atoms with van der Waals surface area (Å²) in [7, 11) is 0.